The lowest BCUT2D eigenvalue weighted by Crippen LogP contribution is -2.21. The Kier molecular flexibility index (Phi) is 4.69. The van der Waals surface area contributed by atoms with Crippen molar-refractivity contribution in [2.75, 3.05) is 11.9 Å². The number of aryl methyl sites for hydroxylation is 2. The largest absolute Gasteiger partial charge is 0.456 e. The van der Waals surface area contributed by atoms with Gasteiger partial charge in [-0.05, 0) is 25.0 Å². The first-order valence-electron chi connectivity index (χ1n) is 5.56. The third kappa shape index (κ3) is 3.90. The van der Waals surface area contributed by atoms with Crippen LogP contribution in [-0.4, -0.2) is 18.5 Å². The Balaban J connectivity index is 2.59. The highest BCUT2D eigenvalue weighted by molar-refractivity contribution is 5.94. The fourth-order valence-corrected chi connectivity index (χ4v) is 1.44. The first-order chi connectivity index (χ1) is 8.04. The van der Waals surface area contributed by atoms with Crippen LogP contribution in [0, 0.1) is 13.8 Å². The summed E-state index contributed by atoms with van der Waals surface area (Å²) >= 11 is 0. The van der Waals surface area contributed by atoms with E-state index in [9.17, 15) is 9.59 Å². The van der Waals surface area contributed by atoms with Crippen molar-refractivity contribution in [2.45, 2.75) is 27.2 Å². The highest BCUT2D eigenvalue weighted by Gasteiger charge is 2.09. The van der Waals surface area contributed by atoms with Crippen molar-refractivity contribution in [1.29, 1.82) is 0 Å². The Labute approximate surface area is 101 Å². The average Bonchev–Trinajstić information content (AvgIpc) is 2.31. The summed E-state index contributed by atoms with van der Waals surface area (Å²) in [5.74, 6) is -0.689. The van der Waals surface area contributed by atoms with Gasteiger partial charge < -0.3 is 10.1 Å². The summed E-state index contributed by atoms with van der Waals surface area (Å²) in [6.45, 7) is 5.29. The maximum Gasteiger partial charge on any atom is 0.306 e. The molecule has 4 heteroatoms. The first-order valence-corrected chi connectivity index (χ1v) is 5.56. The molecule has 1 aromatic carbocycles. The third-order valence-electron chi connectivity index (χ3n) is 2.40. The van der Waals surface area contributed by atoms with E-state index in [4.69, 9.17) is 4.74 Å². The van der Waals surface area contributed by atoms with Gasteiger partial charge in [-0.3, -0.25) is 9.59 Å². The smallest absolute Gasteiger partial charge is 0.306 e. The normalized spacial score (nSPS) is 9.82. The summed E-state index contributed by atoms with van der Waals surface area (Å²) in [6, 6.07) is 5.76. The predicted molar refractivity (Wildman–Crippen MR) is 65.8 cm³/mol. The van der Waals surface area contributed by atoms with Gasteiger partial charge in [-0.15, -0.1) is 0 Å². The Morgan fingerprint density at radius 3 is 2.35 bits per heavy atom. The van der Waals surface area contributed by atoms with Crippen molar-refractivity contribution < 1.29 is 14.3 Å². The molecule has 0 atom stereocenters. The molecule has 0 radical (unpaired) electrons. The summed E-state index contributed by atoms with van der Waals surface area (Å²) in [7, 11) is 0. The molecule has 0 aliphatic heterocycles. The highest BCUT2D eigenvalue weighted by Crippen LogP contribution is 2.19. The lowest BCUT2D eigenvalue weighted by atomic mass is 10.1. The molecule has 1 N–H and O–H groups in total. The van der Waals surface area contributed by atoms with Gasteiger partial charge in [-0.2, -0.15) is 0 Å². The SMILES string of the molecule is CCC(=O)OCC(=O)Nc1c(C)cccc1C. The van der Waals surface area contributed by atoms with Crippen LogP contribution in [0.15, 0.2) is 18.2 Å². The Morgan fingerprint density at radius 2 is 1.82 bits per heavy atom. The highest BCUT2D eigenvalue weighted by atomic mass is 16.5. The second kappa shape index (κ2) is 6.03. The summed E-state index contributed by atoms with van der Waals surface area (Å²) in [5, 5.41) is 2.74. The van der Waals surface area contributed by atoms with Crippen molar-refractivity contribution in [3.63, 3.8) is 0 Å². The number of hydrogen-bond acceptors (Lipinski definition) is 3. The van der Waals surface area contributed by atoms with Crippen molar-refractivity contribution in [3.05, 3.63) is 29.3 Å². The van der Waals surface area contributed by atoms with E-state index < -0.39 is 0 Å². The molecule has 0 aliphatic carbocycles. The standard InChI is InChI=1S/C13H17NO3/c1-4-12(16)17-8-11(15)14-13-9(2)6-5-7-10(13)3/h5-7H,4,8H2,1-3H3,(H,14,15). The zero-order chi connectivity index (χ0) is 12.8. The second-order valence-electron chi connectivity index (χ2n) is 3.83. The van der Waals surface area contributed by atoms with E-state index in [1.165, 1.54) is 0 Å². The van der Waals surface area contributed by atoms with Gasteiger partial charge in [0.05, 0.1) is 0 Å². The van der Waals surface area contributed by atoms with Crippen LogP contribution in [0.5, 0.6) is 0 Å². The van der Waals surface area contributed by atoms with Crippen molar-refractivity contribution in [1.82, 2.24) is 0 Å². The van der Waals surface area contributed by atoms with Gasteiger partial charge in [0.1, 0.15) is 0 Å². The predicted octanol–water partition coefficient (Wildman–Crippen LogP) is 2.20. The number of benzene rings is 1. The molecule has 0 heterocycles. The topological polar surface area (TPSA) is 55.4 Å². The molecule has 0 aromatic heterocycles. The molecular weight excluding hydrogens is 218 g/mol. The van der Waals surface area contributed by atoms with E-state index in [0.29, 0.717) is 0 Å². The third-order valence-corrected chi connectivity index (χ3v) is 2.40. The number of esters is 1. The lowest BCUT2D eigenvalue weighted by molar-refractivity contribution is -0.146. The van der Waals surface area contributed by atoms with Gasteiger partial charge in [0.15, 0.2) is 6.61 Å². The first kappa shape index (κ1) is 13.2. The minimum Gasteiger partial charge on any atom is -0.456 e. The van der Waals surface area contributed by atoms with Crippen LogP contribution in [-0.2, 0) is 14.3 Å². The maximum absolute atomic E-state index is 11.5. The molecule has 1 rings (SSSR count). The number of amides is 1. The number of carbonyl (C=O) groups excluding carboxylic acids is 2. The molecule has 1 amide bonds. The van der Waals surface area contributed by atoms with E-state index in [0.717, 1.165) is 16.8 Å². The number of nitrogens with one attached hydrogen (secondary N) is 1. The fraction of sp³-hybridized carbons (Fsp3) is 0.385. The number of hydrogen-bond donors (Lipinski definition) is 1. The van der Waals surface area contributed by atoms with E-state index >= 15 is 0 Å². The van der Waals surface area contributed by atoms with Gasteiger partial charge in [0.25, 0.3) is 5.91 Å². The van der Waals surface area contributed by atoms with Gasteiger partial charge in [-0.25, -0.2) is 0 Å². The van der Waals surface area contributed by atoms with E-state index in [-0.39, 0.29) is 24.9 Å². The van der Waals surface area contributed by atoms with E-state index in [1.54, 1.807) is 6.92 Å². The summed E-state index contributed by atoms with van der Waals surface area (Å²) in [5.41, 5.74) is 2.75. The molecule has 1 aromatic rings. The van der Waals surface area contributed by atoms with Crippen LogP contribution in [0.2, 0.25) is 0 Å². The lowest BCUT2D eigenvalue weighted by Gasteiger charge is -2.11. The van der Waals surface area contributed by atoms with Crippen LogP contribution in [0.3, 0.4) is 0 Å². The minimum absolute atomic E-state index is 0.236. The molecule has 0 fully saturated rings. The van der Waals surface area contributed by atoms with Crippen LogP contribution >= 0.6 is 0 Å². The zero-order valence-electron chi connectivity index (χ0n) is 10.4. The molecular formula is C13H17NO3. The van der Waals surface area contributed by atoms with Crippen LogP contribution < -0.4 is 5.32 Å². The quantitative estimate of drug-likeness (QED) is 0.814. The molecule has 0 aliphatic rings. The number of rotatable bonds is 4. The molecule has 0 bridgehead atoms. The van der Waals surface area contributed by atoms with Gasteiger partial charge in [-0.1, -0.05) is 25.1 Å². The van der Waals surface area contributed by atoms with Crippen molar-refractivity contribution >= 4 is 17.6 Å². The summed E-state index contributed by atoms with van der Waals surface area (Å²) in [6.07, 6.45) is 0.274. The molecule has 92 valence electrons. The van der Waals surface area contributed by atoms with Crippen LogP contribution in [0.4, 0.5) is 5.69 Å². The minimum atomic E-state index is -0.373. The molecule has 17 heavy (non-hydrogen) atoms. The molecule has 4 nitrogen and oxygen atoms in total. The number of ether oxygens (including phenoxy) is 1. The van der Waals surface area contributed by atoms with Gasteiger partial charge in [0.2, 0.25) is 0 Å². The Bertz CT molecular complexity index is 406. The van der Waals surface area contributed by atoms with Gasteiger partial charge >= 0.3 is 5.97 Å². The number of carbonyl (C=O) groups is 2. The zero-order valence-corrected chi connectivity index (χ0v) is 10.4. The molecule has 0 unspecified atom stereocenters. The van der Waals surface area contributed by atoms with Crippen LogP contribution in [0.1, 0.15) is 24.5 Å². The molecule has 0 saturated carbocycles. The fourth-order valence-electron chi connectivity index (χ4n) is 1.44. The molecule has 0 spiro atoms. The Morgan fingerprint density at radius 1 is 1.24 bits per heavy atom. The summed E-state index contributed by atoms with van der Waals surface area (Å²) in [4.78, 5) is 22.4. The number of para-hydroxylation sites is 1. The van der Waals surface area contributed by atoms with Crippen molar-refractivity contribution in [3.8, 4) is 0 Å². The second-order valence-corrected chi connectivity index (χ2v) is 3.83. The summed E-state index contributed by atoms with van der Waals surface area (Å²) < 4.78 is 4.75. The van der Waals surface area contributed by atoms with Gasteiger partial charge in [0, 0.05) is 12.1 Å². The molecule has 0 saturated heterocycles. The van der Waals surface area contributed by atoms with E-state index in [2.05, 4.69) is 5.32 Å². The number of anilines is 1. The average molecular weight is 235 g/mol. The van der Waals surface area contributed by atoms with Crippen molar-refractivity contribution in [2.24, 2.45) is 0 Å². The maximum atomic E-state index is 11.5. The monoisotopic (exact) mass is 235 g/mol. The van der Waals surface area contributed by atoms with E-state index in [1.807, 2.05) is 32.0 Å². The Hall–Kier alpha value is -1.84. The van der Waals surface area contributed by atoms with Crippen LogP contribution in [0.25, 0.3) is 0 Å².